The van der Waals surface area contributed by atoms with Gasteiger partial charge in [-0.3, -0.25) is 4.68 Å². The number of hydrogen-bond acceptors (Lipinski definition) is 4. The summed E-state index contributed by atoms with van der Waals surface area (Å²) in [4.78, 5) is 0. The van der Waals surface area contributed by atoms with Crippen LogP contribution in [0.3, 0.4) is 0 Å². The van der Waals surface area contributed by atoms with Crippen molar-refractivity contribution >= 4 is 15.5 Å². The normalized spacial score (nSPS) is 18.7. The van der Waals surface area contributed by atoms with E-state index in [1.54, 1.807) is 7.05 Å². The van der Waals surface area contributed by atoms with Crippen LogP contribution in [0.15, 0.2) is 5.03 Å². The Balaban J connectivity index is 2.71. The van der Waals surface area contributed by atoms with Crippen LogP contribution in [-0.2, 0) is 23.3 Å². The van der Waals surface area contributed by atoms with Gasteiger partial charge in [0.15, 0.2) is 14.9 Å². The zero-order chi connectivity index (χ0) is 10.3. The lowest BCUT2D eigenvalue weighted by Gasteiger charge is -2.15. The van der Waals surface area contributed by atoms with Crippen LogP contribution in [-0.4, -0.2) is 30.5 Å². The average Bonchev–Trinajstić information content (AvgIpc) is 2.43. The number of rotatable bonds is 1. The number of aryl methyl sites for hydroxylation is 2. The summed E-state index contributed by atoms with van der Waals surface area (Å²) in [6, 6.07) is 0. The number of nitrogens with zero attached hydrogens (tertiary/aromatic N) is 2. The minimum Gasteiger partial charge on any atom is -0.380 e. The van der Waals surface area contributed by atoms with E-state index in [1.165, 1.54) is 4.68 Å². The first kappa shape index (κ1) is 9.51. The van der Waals surface area contributed by atoms with Gasteiger partial charge in [-0.25, -0.2) is 8.42 Å². The molecule has 1 aliphatic rings. The van der Waals surface area contributed by atoms with Crippen LogP contribution in [0.25, 0.3) is 0 Å². The van der Waals surface area contributed by atoms with Crippen LogP contribution in [0.4, 0.5) is 5.69 Å². The zero-order valence-electron chi connectivity index (χ0n) is 8.24. The number of aromatic nitrogens is 2. The van der Waals surface area contributed by atoms with E-state index >= 15 is 0 Å². The van der Waals surface area contributed by atoms with Gasteiger partial charge in [-0.15, -0.1) is 0 Å². The molecule has 2 heterocycles. The molecule has 2 rings (SSSR count). The standard InChI is InChI=1S/C8H13N3O2S/c1-3-6-7-8(11(2)10-6)14(12,13)5-4-9-7/h9H,3-5H2,1-2H3. The first-order valence-corrected chi connectivity index (χ1v) is 6.24. The Hall–Kier alpha value is -1.04. The summed E-state index contributed by atoms with van der Waals surface area (Å²) < 4.78 is 24.9. The Labute approximate surface area is 83.0 Å². The van der Waals surface area contributed by atoms with Crippen molar-refractivity contribution in [2.24, 2.45) is 7.05 Å². The Bertz CT molecular complexity index is 461. The first-order chi connectivity index (χ1) is 6.56. The molecule has 0 atom stereocenters. The molecule has 1 N–H and O–H groups in total. The molecule has 0 unspecified atom stereocenters. The second-order valence-corrected chi connectivity index (χ2v) is 5.37. The number of fused-ring (bicyclic) bond motifs is 1. The second-order valence-electron chi connectivity index (χ2n) is 3.35. The van der Waals surface area contributed by atoms with Crippen LogP contribution < -0.4 is 5.32 Å². The Kier molecular flexibility index (Phi) is 2.02. The lowest BCUT2D eigenvalue weighted by Crippen LogP contribution is -2.24. The monoisotopic (exact) mass is 215 g/mol. The summed E-state index contributed by atoms with van der Waals surface area (Å²) in [7, 11) is -1.45. The highest BCUT2D eigenvalue weighted by Crippen LogP contribution is 2.29. The van der Waals surface area contributed by atoms with E-state index in [0.717, 1.165) is 12.1 Å². The number of nitrogens with one attached hydrogen (secondary N) is 1. The second kappa shape index (κ2) is 2.98. The number of sulfone groups is 1. The fraction of sp³-hybridized carbons (Fsp3) is 0.625. The fourth-order valence-corrected chi connectivity index (χ4v) is 3.26. The SMILES string of the molecule is CCc1nn(C)c2c1NCCS2(=O)=O. The first-order valence-electron chi connectivity index (χ1n) is 4.58. The van der Waals surface area contributed by atoms with E-state index in [1.807, 2.05) is 6.92 Å². The minimum absolute atomic E-state index is 0.155. The van der Waals surface area contributed by atoms with Crippen molar-refractivity contribution < 1.29 is 8.42 Å². The third-order valence-corrected chi connectivity index (χ3v) is 4.17. The van der Waals surface area contributed by atoms with Gasteiger partial charge in [0, 0.05) is 13.6 Å². The molecule has 0 radical (unpaired) electrons. The minimum atomic E-state index is -3.12. The topological polar surface area (TPSA) is 64.0 Å². The largest absolute Gasteiger partial charge is 0.380 e. The molecule has 0 amide bonds. The summed E-state index contributed by atoms with van der Waals surface area (Å²) in [6.07, 6.45) is 0.742. The van der Waals surface area contributed by atoms with Crippen LogP contribution in [0.1, 0.15) is 12.6 Å². The van der Waals surface area contributed by atoms with Crippen LogP contribution in [0.2, 0.25) is 0 Å². The molecule has 0 bridgehead atoms. The van der Waals surface area contributed by atoms with Crippen LogP contribution in [0.5, 0.6) is 0 Å². The van der Waals surface area contributed by atoms with Crippen molar-refractivity contribution in [2.45, 2.75) is 18.4 Å². The maximum absolute atomic E-state index is 11.7. The molecule has 0 saturated carbocycles. The molecule has 0 spiro atoms. The quantitative estimate of drug-likeness (QED) is 0.726. The van der Waals surface area contributed by atoms with Crippen molar-refractivity contribution in [2.75, 3.05) is 17.6 Å². The predicted molar refractivity (Wildman–Crippen MR) is 53.1 cm³/mol. The molecule has 0 saturated heterocycles. The predicted octanol–water partition coefficient (Wildman–Crippen LogP) is 0.182. The molecule has 14 heavy (non-hydrogen) atoms. The Morgan fingerprint density at radius 2 is 2.29 bits per heavy atom. The molecule has 0 aliphatic carbocycles. The number of hydrogen-bond donors (Lipinski definition) is 1. The molecule has 1 aliphatic heterocycles. The maximum atomic E-state index is 11.7. The van der Waals surface area contributed by atoms with Crippen molar-refractivity contribution in [3.05, 3.63) is 5.69 Å². The molecule has 1 aromatic rings. The number of anilines is 1. The molecule has 0 aromatic carbocycles. The average molecular weight is 215 g/mol. The van der Waals surface area contributed by atoms with Crippen molar-refractivity contribution in [1.82, 2.24) is 9.78 Å². The van der Waals surface area contributed by atoms with Gasteiger partial charge in [-0.1, -0.05) is 6.92 Å². The van der Waals surface area contributed by atoms with Gasteiger partial charge >= 0.3 is 0 Å². The summed E-state index contributed by atoms with van der Waals surface area (Å²) >= 11 is 0. The summed E-state index contributed by atoms with van der Waals surface area (Å²) in [5.74, 6) is 0.155. The smallest absolute Gasteiger partial charge is 0.199 e. The molecule has 6 heteroatoms. The van der Waals surface area contributed by atoms with Gasteiger partial charge < -0.3 is 5.32 Å². The Morgan fingerprint density at radius 1 is 1.57 bits per heavy atom. The van der Waals surface area contributed by atoms with E-state index in [9.17, 15) is 8.42 Å². The van der Waals surface area contributed by atoms with Crippen LogP contribution >= 0.6 is 0 Å². The van der Waals surface area contributed by atoms with Crippen molar-refractivity contribution in [1.29, 1.82) is 0 Å². The maximum Gasteiger partial charge on any atom is 0.199 e. The summed E-state index contributed by atoms with van der Waals surface area (Å²) in [5.41, 5.74) is 1.52. The van der Waals surface area contributed by atoms with Gasteiger partial charge in [0.1, 0.15) is 0 Å². The summed E-state index contributed by atoms with van der Waals surface area (Å²) in [5, 5.41) is 7.61. The molecule has 0 fully saturated rings. The molecule has 1 aromatic heterocycles. The highest BCUT2D eigenvalue weighted by Gasteiger charge is 2.29. The zero-order valence-corrected chi connectivity index (χ0v) is 9.06. The van der Waals surface area contributed by atoms with Gasteiger partial charge in [0.25, 0.3) is 0 Å². The lowest BCUT2D eigenvalue weighted by molar-refractivity contribution is 0.575. The van der Waals surface area contributed by atoms with E-state index in [-0.39, 0.29) is 5.75 Å². The third-order valence-electron chi connectivity index (χ3n) is 2.37. The van der Waals surface area contributed by atoms with E-state index in [2.05, 4.69) is 10.4 Å². The summed E-state index contributed by atoms with van der Waals surface area (Å²) in [6.45, 7) is 2.44. The Morgan fingerprint density at radius 3 is 2.93 bits per heavy atom. The van der Waals surface area contributed by atoms with E-state index < -0.39 is 9.84 Å². The molecule has 5 nitrogen and oxygen atoms in total. The van der Waals surface area contributed by atoms with Crippen molar-refractivity contribution in [3.63, 3.8) is 0 Å². The van der Waals surface area contributed by atoms with E-state index in [0.29, 0.717) is 17.3 Å². The van der Waals surface area contributed by atoms with Gasteiger partial charge in [-0.2, -0.15) is 5.10 Å². The fourth-order valence-electron chi connectivity index (χ4n) is 1.75. The highest BCUT2D eigenvalue weighted by atomic mass is 32.2. The molecular weight excluding hydrogens is 202 g/mol. The van der Waals surface area contributed by atoms with Gasteiger partial charge in [0.05, 0.1) is 17.1 Å². The molecule has 78 valence electrons. The van der Waals surface area contributed by atoms with Gasteiger partial charge in [-0.05, 0) is 6.42 Å². The van der Waals surface area contributed by atoms with Crippen molar-refractivity contribution in [3.8, 4) is 0 Å². The lowest BCUT2D eigenvalue weighted by atomic mass is 10.3. The van der Waals surface area contributed by atoms with E-state index in [4.69, 9.17) is 0 Å². The van der Waals surface area contributed by atoms with Gasteiger partial charge in [0.2, 0.25) is 0 Å². The highest BCUT2D eigenvalue weighted by molar-refractivity contribution is 7.91. The third kappa shape index (κ3) is 1.21. The van der Waals surface area contributed by atoms with Crippen LogP contribution in [0, 0.1) is 0 Å². The molecular formula is C8H13N3O2S.